The van der Waals surface area contributed by atoms with E-state index in [-0.39, 0.29) is 0 Å². The van der Waals surface area contributed by atoms with Crippen LogP contribution in [-0.4, -0.2) is 14.5 Å². The first kappa shape index (κ1) is 12.8. The highest BCUT2D eigenvalue weighted by Gasteiger charge is 2.14. The van der Waals surface area contributed by atoms with E-state index in [1.54, 1.807) is 0 Å². The molecule has 3 heteroatoms. The summed E-state index contributed by atoms with van der Waals surface area (Å²) in [6.45, 7) is 2.00. The Kier molecular flexibility index (Phi) is 2.97. The van der Waals surface area contributed by atoms with E-state index in [0.29, 0.717) is 0 Å². The predicted octanol–water partition coefficient (Wildman–Crippen LogP) is 4.40. The van der Waals surface area contributed by atoms with E-state index in [9.17, 15) is 0 Å². The molecule has 4 aromatic rings. The summed E-state index contributed by atoms with van der Waals surface area (Å²) in [5.41, 5.74) is 5.04. The molecule has 0 amide bonds. The number of para-hydroxylation sites is 3. The van der Waals surface area contributed by atoms with E-state index >= 15 is 0 Å². The van der Waals surface area contributed by atoms with Gasteiger partial charge in [0.25, 0.3) is 0 Å². The van der Waals surface area contributed by atoms with Gasteiger partial charge in [0.05, 0.1) is 11.0 Å². The van der Waals surface area contributed by atoms with Gasteiger partial charge in [-0.15, -0.1) is 0 Å². The Bertz CT molecular complexity index is 939. The predicted molar refractivity (Wildman–Crippen MR) is 89.0 cm³/mol. The highest BCUT2D eigenvalue weighted by molar-refractivity contribution is 5.82. The maximum Gasteiger partial charge on any atom is 0.164 e. The number of aryl methyl sites for hydroxylation is 1. The van der Waals surface area contributed by atoms with Crippen LogP contribution in [0, 0.1) is 6.92 Å². The van der Waals surface area contributed by atoms with E-state index in [4.69, 9.17) is 4.98 Å². The molecular formula is C19H15N3. The topological polar surface area (TPSA) is 30.7 Å². The van der Waals surface area contributed by atoms with Gasteiger partial charge in [0.2, 0.25) is 0 Å². The number of aromatic nitrogens is 3. The Morgan fingerprint density at radius 1 is 0.727 bits per heavy atom. The molecule has 0 aliphatic rings. The van der Waals surface area contributed by atoms with Gasteiger partial charge in [-0.3, -0.25) is 4.57 Å². The van der Waals surface area contributed by atoms with Gasteiger partial charge in [0.15, 0.2) is 5.82 Å². The molecule has 4 rings (SSSR count). The first-order valence-electron chi connectivity index (χ1n) is 7.30. The Morgan fingerprint density at radius 2 is 1.50 bits per heavy atom. The molecule has 0 saturated heterocycles. The molecule has 2 aromatic carbocycles. The largest absolute Gasteiger partial charge is 0.291 e. The third kappa shape index (κ3) is 2.07. The zero-order valence-electron chi connectivity index (χ0n) is 12.3. The van der Waals surface area contributed by atoms with E-state index < -0.39 is 0 Å². The number of nitrogens with zero attached hydrogens (tertiary/aromatic N) is 3. The summed E-state index contributed by atoms with van der Waals surface area (Å²) >= 11 is 0. The van der Waals surface area contributed by atoms with Crippen LogP contribution < -0.4 is 0 Å². The molecule has 106 valence electrons. The molecule has 0 aliphatic heterocycles. The number of fused-ring (bicyclic) bond motifs is 1. The van der Waals surface area contributed by atoms with Gasteiger partial charge in [0, 0.05) is 11.4 Å². The second-order valence-corrected chi connectivity index (χ2v) is 5.26. The molecule has 0 radical (unpaired) electrons. The highest BCUT2D eigenvalue weighted by Crippen LogP contribution is 2.27. The van der Waals surface area contributed by atoms with Crippen LogP contribution in [0.2, 0.25) is 0 Å². The lowest BCUT2D eigenvalue weighted by Crippen LogP contribution is -1.99. The Balaban J connectivity index is 2.06. The van der Waals surface area contributed by atoms with Gasteiger partial charge in [-0.25, -0.2) is 9.97 Å². The fourth-order valence-electron chi connectivity index (χ4n) is 2.70. The number of benzene rings is 2. The van der Waals surface area contributed by atoms with Crippen molar-refractivity contribution in [1.29, 1.82) is 0 Å². The van der Waals surface area contributed by atoms with Gasteiger partial charge in [-0.1, -0.05) is 36.4 Å². The molecule has 0 saturated carbocycles. The normalized spacial score (nSPS) is 11.0. The van der Waals surface area contributed by atoms with Crippen LogP contribution in [0.1, 0.15) is 5.69 Å². The van der Waals surface area contributed by atoms with Crippen LogP contribution in [-0.2, 0) is 0 Å². The third-order valence-electron chi connectivity index (χ3n) is 3.69. The van der Waals surface area contributed by atoms with Crippen molar-refractivity contribution in [3.63, 3.8) is 0 Å². The van der Waals surface area contributed by atoms with Crippen LogP contribution in [0.15, 0.2) is 72.8 Å². The minimum atomic E-state index is 0.871. The number of rotatable bonds is 2. The smallest absolute Gasteiger partial charge is 0.164 e. The van der Waals surface area contributed by atoms with Gasteiger partial charge in [-0.05, 0) is 43.3 Å². The first-order chi connectivity index (χ1) is 10.8. The van der Waals surface area contributed by atoms with Crippen LogP contribution in [0.5, 0.6) is 0 Å². The summed E-state index contributed by atoms with van der Waals surface area (Å²) in [5, 5.41) is 0. The Morgan fingerprint density at radius 3 is 2.32 bits per heavy atom. The van der Waals surface area contributed by atoms with Crippen LogP contribution >= 0.6 is 0 Å². The molecule has 0 N–H and O–H groups in total. The van der Waals surface area contributed by atoms with Crippen molar-refractivity contribution >= 4 is 11.0 Å². The average molecular weight is 285 g/mol. The van der Waals surface area contributed by atoms with Crippen molar-refractivity contribution in [3.8, 4) is 17.2 Å². The molecule has 0 unspecified atom stereocenters. The van der Waals surface area contributed by atoms with Gasteiger partial charge >= 0.3 is 0 Å². The van der Waals surface area contributed by atoms with Crippen molar-refractivity contribution in [2.45, 2.75) is 6.92 Å². The fourth-order valence-corrected chi connectivity index (χ4v) is 2.70. The Hall–Kier alpha value is -2.94. The van der Waals surface area contributed by atoms with Crippen molar-refractivity contribution in [3.05, 3.63) is 78.5 Å². The lowest BCUT2D eigenvalue weighted by molar-refractivity contribution is 1.07. The molecule has 22 heavy (non-hydrogen) atoms. The summed E-state index contributed by atoms with van der Waals surface area (Å²) in [7, 11) is 0. The monoisotopic (exact) mass is 285 g/mol. The quantitative estimate of drug-likeness (QED) is 0.546. The van der Waals surface area contributed by atoms with E-state index in [1.807, 2.05) is 61.5 Å². The Labute approximate surface area is 128 Å². The minimum absolute atomic E-state index is 0.871. The maximum absolute atomic E-state index is 4.80. The zero-order valence-corrected chi connectivity index (χ0v) is 12.3. The number of imidazole rings is 1. The molecule has 0 fully saturated rings. The summed E-state index contributed by atoms with van der Waals surface area (Å²) in [6.07, 6.45) is 0. The summed E-state index contributed by atoms with van der Waals surface area (Å²) in [6, 6.07) is 24.5. The second-order valence-electron chi connectivity index (χ2n) is 5.26. The maximum atomic E-state index is 4.80. The summed E-state index contributed by atoms with van der Waals surface area (Å²) in [5.74, 6) is 0.871. The van der Waals surface area contributed by atoms with Gasteiger partial charge in [0.1, 0.15) is 5.69 Å². The number of pyridine rings is 1. The lowest BCUT2D eigenvalue weighted by atomic mass is 10.2. The molecule has 0 atom stereocenters. The second kappa shape index (κ2) is 5.11. The van der Waals surface area contributed by atoms with Crippen molar-refractivity contribution in [2.24, 2.45) is 0 Å². The lowest BCUT2D eigenvalue weighted by Gasteiger charge is -2.09. The van der Waals surface area contributed by atoms with E-state index in [1.165, 1.54) is 0 Å². The summed E-state index contributed by atoms with van der Waals surface area (Å²) in [4.78, 5) is 9.44. The molecule has 0 bridgehead atoms. The highest BCUT2D eigenvalue weighted by atomic mass is 15.1. The van der Waals surface area contributed by atoms with Crippen LogP contribution in [0.4, 0.5) is 0 Å². The fraction of sp³-hybridized carbons (Fsp3) is 0.0526. The number of hydrogen-bond donors (Lipinski definition) is 0. The summed E-state index contributed by atoms with van der Waals surface area (Å²) < 4.78 is 2.16. The molecule has 0 aliphatic carbocycles. The SMILES string of the molecule is Cc1cccc(-c2nc3ccccc3n2-c2ccccc2)n1. The molecule has 3 nitrogen and oxygen atoms in total. The molecule has 2 heterocycles. The van der Waals surface area contributed by atoms with Gasteiger partial charge < -0.3 is 0 Å². The first-order valence-corrected chi connectivity index (χ1v) is 7.30. The molecular weight excluding hydrogens is 270 g/mol. The van der Waals surface area contributed by atoms with Crippen LogP contribution in [0.25, 0.3) is 28.2 Å². The molecule has 0 spiro atoms. The molecule has 2 aromatic heterocycles. The van der Waals surface area contributed by atoms with E-state index in [2.05, 4.69) is 27.8 Å². The zero-order chi connectivity index (χ0) is 14.9. The standard InChI is InChI=1S/C19H15N3/c1-14-8-7-12-17(20-14)19-21-16-11-5-6-13-18(16)22(19)15-9-3-2-4-10-15/h2-13H,1H3. The average Bonchev–Trinajstić information content (AvgIpc) is 2.95. The van der Waals surface area contributed by atoms with Crippen LogP contribution in [0.3, 0.4) is 0 Å². The number of hydrogen-bond acceptors (Lipinski definition) is 2. The van der Waals surface area contributed by atoms with E-state index in [0.717, 1.165) is 33.9 Å². The minimum Gasteiger partial charge on any atom is -0.291 e. The van der Waals surface area contributed by atoms with Crippen molar-refractivity contribution in [1.82, 2.24) is 14.5 Å². The third-order valence-corrected chi connectivity index (χ3v) is 3.69. The van der Waals surface area contributed by atoms with Gasteiger partial charge in [-0.2, -0.15) is 0 Å². The van der Waals surface area contributed by atoms with Crippen molar-refractivity contribution < 1.29 is 0 Å². The van der Waals surface area contributed by atoms with Crippen molar-refractivity contribution in [2.75, 3.05) is 0 Å².